The average Bonchev–Trinajstić information content (AvgIpc) is 3.54. The molecule has 0 spiro atoms. The molecule has 0 unspecified atom stereocenters. The minimum atomic E-state index is -0.603. The Kier molecular flexibility index (Phi) is 7.38. The molecule has 2 saturated heterocycles. The van der Waals surface area contributed by atoms with Gasteiger partial charge in [0.1, 0.15) is 0 Å². The number of hydrogen-bond acceptors (Lipinski definition) is 5. The molecule has 2 aliphatic rings. The van der Waals surface area contributed by atoms with Gasteiger partial charge in [-0.05, 0) is 39.2 Å². The van der Waals surface area contributed by atoms with E-state index in [0.29, 0.717) is 54.9 Å². The van der Waals surface area contributed by atoms with E-state index in [0.717, 1.165) is 6.54 Å². The van der Waals surface area contributed by atoms with Gasteiger partial charge < -0.3 is 24.6 Å². The predicted octanol–water partition coefficient (Wildman–Crippen LogP) is 2.53. The summed E-state index contributed by atoms with van der Waals surface area (Å²) in [6, 6.07) is 14.1. The fourth-order valence-corrected chi connectivity index (χ4v) is 5.34. The summed E-state index contributed by atoms with van der Waals surface area (Å²) in [5.41, 5.74) is 2.23. The molecule has 3 heterocycles. The Morgan fingerprint density at radius 2 is 1.74 bits per heavy atom. The van der Waals surface area contributed by atoms with Gasteiger partial charge in [0.05, 0.1) is 16.8 Å². The first-order chi connectivity index (χ1) is 18.8. The van der Waals surface area contributed by atoms with Crippen molar-refractivity contribution in [3.63, 3.8) is 0 Å². The van der Waals surface area contributed by atoms with Crippen molar-refractivity contribution >= 4 is 40.2 Å². The molecule has 1 atom stereocenters. The number of hydrogen-bond donors (Lipinski definition) is 1. The second kappa shape index (κ2) is 10.9. The number of likely N-dealkylation sites (N-methyl/N-ethyl adjacent to an activating group) is 1. The number of urea groups is 1. The van der Waals surface area contributed by atoms with Crippen molar-refractivity contribution in [3.05, 3.63) is 65.9 Å². The molecule has 2 aromatic carbocycles. The third-order valence-corrected chi connectivity index (χ3v) is 7.53. The third kappa shape index (κ3) is 5.12. The number of Topliss-reactive ketones (excluding diaryl/α,β-unsaturated/α-hetero) is 1. The Hall–Kier alpha value is -4.18. The Bertz CT molecular complexity index is 1400. The number of nitrogens with zero attached hydrogens (tertiary/aromatic N) is 5. The molecule has 10 heteroatoms. The second-order valence-electron chi connectivity index (χ2n) is 10.4. The van der Waals surface area contributed by atoms with E-state index < -0.39 is 11.7 Å². The van der Waals surface area contributed by atoms with Crippen LogP contribution in [0.25, 0.3) is 10.9 Å². The molecule has 10 nitrogen and oxygen atoms in total. The number of anilines is 1. The minimum Gasteiger partial charge on any atom is -0.359 e. The number of benzene rings is 2. The molecular formula is C29H34N6O4. The van der Waals surface area contributed by atoms with Gasteiger partial charge in [-0.1, -0.05) is 30.3 Å². The number of piperazine rings is 1. The summed E-state index contributed by atoms with van der Waals surface area (Å²) in [6.07, 6.45) is 1.55. The summed E-state index contributed by atoms with van der Waals surface area (Å²) in [4.78, 5) is 64.7. The van der Waals surface area contributed by atoms with Crippen LogP contribution in [-0.2, 0) is 4.79 Å². The number of carbonyl (C=O) groups excluding carboxylic acids is 4. The number of amides is 4. The molecule has 1 aromatic heterocycles. The lowest BCUT2D eigenvalue weighted by Gasteiger charge is -2.39. The van der Waals surface area contributed by atoms with Crippen molar-refractivity contribution < 1.29 is 19.2 Å². The topological polar surface area (TPSA) is 100 Å². The van der Waals surface area contributed by atoms with Crippen LogP contribution >= 0.6 is 0 Å². The maximum absolute atomic E-state index is 13.4. The first-order valence-electron chi connectivity index (χ1n) is 13.3. The molecule has 204 valence electrons. The Morgan fingerprint density at radius 3 is 2.46 bits per heavy atom. The van der Waals surface area contributed by atoms with Gasteiger partial charge >= 0.3 is 6.03 Å². The fraction of sp³-hybridized carbons (Fsp3) is 0.379. The standard InChI is InChI=1S/C29H34N6O4/c1-20-19-33(27(37)21-8-5-4-6-9-21)15-16-34(20)28(38)26(36)23-18-30-25-22(23)10-7-11-24(25)35-17-14-32(29(35)39)13-12-31(2)3/h4-11,18,20,30H,12-17,19H2,1-3H3/t20-/m1/s1. The van der Waals surface area contributed by atoms with Crippen molar-refractivity contribution in [3.8, 4) is 0 Å². The van der Waals surface area contributed by atoms with Crippen LogP contribution in [0.1, 0.15) is 27.6 Å². The monoisotopic (exact) mass is 530 g/mol. The Labute approximate surface area is 227 Å². The highest BCUT2D eigenvalue weighted by Crippen LogP contribution is 2.31. The average molecular weight is 531 g/mol. The molecule has 0 radical (unpaired) electrons. The number of aromatic nitrogens is 1. The van der Waals surface area contributed by atoms with Crippen LogP contribution in [0.5, 0.6) is 0 Å². The van der Waals surface area contributed by atoms with Crippen molar-refractivity contribution in [2.24, 2.45) is 0 Å². The van der Waals surface area contributed by atoms with Crippen LogP contribution in [0.15, 0.2) is 54.7 Å². The van der Waals surface area contributed by atoms with Crippen LogP contribution in [0, 0.1) is 0 Å². The number of fused-ring (bicyclic) bond motifs is 1. The highest BCUT2D eigenvalue weighted by molar-refractivity contribution is 6.45. The van der Waals surface area contributed by atoms with Crippen LogP contribution < -0.4 is 4.90 Å². The molecule has 1 N–H and O–H groups in total. The van der Waals surface area contributed by atoms with Gasteiger partial charge in [0, 0.05) is 69.0 Å². The van der Waals surface area contributed by atoms with Gasteiger partial charge in [-0.25, -0.2) is 4.79 Å². The molecule has 0 saturated carbocycles. The van der Waals surface area contributed by atoms with Crippen LogP contribution in [0.3, 0.4) is 0 Å². The van der Waals surface area contributed by atoms with E-state index in [9.17, 15) is 19.2 Å². The summed E-state index contributed by atoms with van der Waals surface area (Å²) >= 11 is 0. The molecule has 4 amide bonds. The van der Waals surface area contributed by atoms with E-state index in [2.05, 4.69) is 4.98 Å². The van der Waals surface area contributed by atoms with E-state index in [1.807, 2.05) is 55.1 Å². The SMILES string of the molecule is C[C@@H]1CN(C(=O)c2ccccc2)CCN1C(=O)C(=O)c1c[nH]c2c(N3CCN(CCN(C)C)C3=O)cccc12. The van der Waals surface area contributed by atoms with E-state index in [-0.39, 0.29) is 30.1 Å². The molecule has 39 heavy (non-hydrogen) atoms. The summed E-state index contributed by atoms with van der Waals surface area (Å²) in [6.45, 7) is 5.44. The van der Waals surface area contributed by atoms with Gasteiger partial charge in [-0.2, -0.15) is 0 Å². The maximum Gasteiger partial charge on any atom is 0.324 e. The van der Waals surface area contributed by atoms with E-state index in [4.69, 9.17) is 0 Å². The molecule has 2 fully saturated rings. The highest BCUT2D eigenvalue weighted by Gasteiger charge is 2.35. The van der Waals surface area contributed by atoms with Gasteiger partial charge in [-0.3, -0.25) is 19.3 Å². The normalized spacial score (nSPS) is 17.9. The number of aromatic amines is 1. The summed E-state index contributed by atoms with van der Waals surface area (Å²) in [7, 11) is 3.95. The quantitative estimate of drug-likeness (QED) is 0.374. The lowest BCUT2D eigenvalue weighted by atomic mass is 10.1. The zero-order valence-corrected chi connectivity index (χ0v) is 22.6. The minimum absolute atomic E-state index is 0.0698. The van der Waals surface area contributed by atoms with Crippen molar-refractivity contribution in [2.45, 2.75) is 13.0 Å². The van der Waals surface area contributed by atoms with Crippen molar-refractivity contribution in [1.82, 2.24) is 24.6 Å². The van der Waals surface area contributed by atoms with Crippen molar-refractivity contribution in [1.29, 1.82) is 0 Å². The summed E-state index contributed by atoms with van der Waals surface area (Å²) in [5.74, 6) is -1.28. The number of para-hydroxylation sites is 1. The lowest BCUT2D eigenvalue weighted by Crippen LogP contribution is -2.56. The van der Waals surface area contributed by atoms with Gasteiger partial charge in [-0.15, -0.1) is 0 Å². The van der Waals surface area contributed by atoms with Crippen LogP contribution in [0.4, 0.5) is 10.5 Å². The number of rotatable bonds is 7. The first kappa shape index (κ1) is 26.4. The van der Waals surface area contributed by atoms with E-state index in [1.165, 1.54) is 0 Å². The molecule has 3 aromatic rings. The largest absolute Gasteiger partial charge is 0.359 e. The summed E-state index contributed by atoms with van der Waals surface area (Å²) in [5, 5.41) is 0.607. The summed E-state index contributed by atoms with van der Waals surface area (Å²) < 4.78 is 0. The van der Waals surface area contributed by atoms with Gasteiger partial charge in [0.2, 0.25) is 0 Å². The maximum atomic E-state index is 13.4. The zero-order valence-electron chi connectivity index (χ0n) is 22.6. The van der Waals surface area contributed by atoms with E-state index >= 15 is 0 Å². The van der Waals surface area contributed by atoms with Gasteiger partial charge in [0.15, 0.2) is 0 Å². The fourth-order valence-electron chi connectivity index (χ4n) is 5.34. The molecule has 5 rings (SSSR count). The zero-order chi connectivity index (χ0) is 27.7. The molecule has 0 bridgehead atoms. The van der Waals surface area contributed by atoms with Gasteiger partial charge in [0.25, 0.3) is 17.6 Å². The second-order valence-corrected chi connectivity index (χ2v) is 10.4. The van der Waals surface area contributed by atoms with E-state index in [1.54, 1.807) is 45.2 Å². The smallest absolute Gasteiger partial charge is 0.324 e. The molecule has 0 aliphatic carbocycles. The number of carbonyl (C=O) groups is 4. The lowest BCUT2D eigenvalue weighted by molar-refractivity contribution is -0.130. The third-order valence-electron chi connectivity index (χ3n) is 7.53. The molecular weight excluding hydrogens is 496 g/mol. The Morgan fingerprint density at radius 1 is 0.974 bits per heavy atom. The van der Waals surface area contributed by atoms with Crippen LogP contribution in [0.2, 0.25) is 0 Å². The first-order valence-corrected chi connectivity index (χ1v) is 13.3. The van der Waals surface area contributed by atoms with Crippen molar-refractivity contribution in [2.75, 3.05) is 64.8 Å². The molecule has 2 aliphatic heterocycles. The van der Waals surface area contributed by atoms with Crippen LogP contribution in [-0.4, -0.2) is 114 Å². The number of nitrogens with one attached hydrogen (secondary N) is 1. The predicted molar refractivity (Wildman–Crippen MR) is 149 cm³/mol. The Balaban J connectivity index is 1.30. The highest BCUT2D eigenvalue weighted by atomic mass is 16.2. The number of H-pyrrole nitrogens is 1. The number of ketones is 1.